The number of hydrogen-bond donors (Lipinski definition) is 0. The Morgan fingerprint density at radius 3 is 2.88 bits per heavy atom. The summed E-state index contributed by atoms with van der Waals surface area (Å²) in [5.41, 5.74) is 2.09. The van der Waals surface area contributed by atoms with Gasteiger partial charge >= 0.3 is 0 Å². The number of thioether (sulfide) groups is 1. The molecule has 0 saturated carbocycles. The van der Waals surface area contributed by atoms with E-state index in [0.717, 1.165) is 27.7 Å². The van der Waals surface area contributed by atoms with Crippen LogP contribution in [0.5, 0.6) is 0 Å². The van der Waals surface area contributed by atoms with Crippen LogP contribution in [-0.2, 0) is 0 Å². The number of rotatable bonds is 2. The van der Waals surface area contributed by atoms with Gasteiger partial charge in [-0.2, -0.15) is 0 Å². The number of ketones is 1. The van der Waals surface area contributed by atoms with Crippen LogP contribution in [0.15, 0.2) is 18.2 Å². The molecule has 1 unspecified atom stereocenters. The molecule has 0 amide bonds. The summed E-state index contributed by atoms with van der Waals surface area (Å²) in [4.78, 5) is 12.5. The van der Waals surface area contributed by atoms with Crippen molar-refractivity contribution in [2.45, 2.75) is 31.4 Å². The summed E-state index contributed by atoms with van der Waals surface area (Å²) >= 11 is 4.09. The van der Waals surface area contributed by atoms with E-state index in [1.54, 1.807) is 0 Å². The molecule has 1 aliphatic rings. The largest absolute Gasteiger partial charge is 0.293 e. The van der Waals surface area contributed by atoms with Crippen LogP contribution in [-0.4, -0.2) is 16.3 Å². The summed E-state index contributed by atoms with van der Waals surface area (Å²) in [6.07, 6.45) is 2.18. The molecule has 1 nitrogen and oxygen atoms in total. The molecule has 1 fully saturated rings. The Hall–Kier alpha value is -0.0300. The van der Waals surface area contributed by atoms with E-state index in [2.05, 4.69) is 42.5 Å². The zero-order valence-electron chi connectivity index (χ0n) is 9.55. The minimum atomic E-state index is -0.187. The van der Waals surface area contributed by atoms with Crippen LogP contribution in [0.4, 0.5) is 0 Å². The normalized spacial score (nSPS) is 24.7. The second kappa shape index (κ2) is 4.69. The van der Waals surface area contributed by atoms with Crippen LogP contribution < -0.4 is 0 Å². The van der Waals surface area contributed by atoms with Gasteiger partial charge in [0, 0.05) is 9.13 Å². The number of hydrogen-bond acceptors (Lipinski definition) is 2. The monoisotopic (exact) mass is 346 g/mol. The van der Waals surface area contributed by atoms with E-state index in [-0.39, 0.29) is 4.75 Å². The summed E-state index contributed by atoms with van der Waals surface area (Å²) in [6.45, 7) is 4.15. The van der Waals surface area contributed by atoms with E-state index >= 15 is 0 Å². The van der Waals surface area contributed by atoms with Crippen molar-refractivity contribution in [3.8, 4) is 0 Å². The maximum atomic E-state index is 12.5. The molecule has 16 heavy (non-hydrogen) atoms. The van der Waals surface area contributed by atoms with Crippen molar-refractivity contribution in [3.05, 3.63) is 32.9 Å². The number of halogens is 1. The van der Waals surface area contributed by atoms with Crippen molar-refractivity contribution in [2.75, 3.05) is 5.75 Å². The Kier molecular flexibility index (Phi) is 3.64. The molecule has 1 aromatic carbocycles. The molecular formula is C13H15IOS. The summed E-state index contributed by atoms with van der Waals surface area (Å²) < 4.78 is 0.923. The van der Waals surface area contributed by atoms with Gasteiger partial charge in [0.15, 0.2) is 5.78 Å². The summed E-state index contributed by atoms with van der Waals surface area (Å²) in [5, 5.41) is 0. The first kappa shape index (κ1) is 12.4. The minimum Gasteiger partial charge on any atom is -0.293 e. The molecule has 0 aromatic heterocycles. The van der Waals surface area contributed by atoms with Crippen molar-refractivity contribution >= 4 is 40.1 Å². The first-order valence-corrected chi connectivity index (χ1v) is 7.55. The van der Waals surface area contributed by atoms with Crippen molar-refractivity contribution in [1.29, 1.82) is 0 Å². The predicted molar refractivity (Wildman–Crippen MR) is 78.3 cm³/mol. The van der Waals surface area contributed by atoms with Crippen LogP contribution in [0.25, 0.3) is 0 Å². The molecule has 86 valence electrons. The van der Waals surface area contributed by atoms with Crippen LogP contribution in [0, 0.1) is 10.5 Å². The molecule has 0 N–H and O–H groups in total. The molecule has 0 bridgehead atoms. The molecule has 2 rings (SSSR count). The third-order valence-corrected chi connectivity index (χ3v) is 6.09. The summed E-state index contributed by atoms with van der Waals surface area (Å²) in [5.74, 6) is 1.42. The Morgan fingerprint density at radius 1 is 1.50 bits per heavy atom. The number of carbonyl (C=O) groups is 1. The van der Waals surface area contributed by atoms with Gasteiger partial charge in [0.05, 0.1) is 4.75 Å². The SMILES string of the molecule is Cc1cccc(C(=O)C2(C)CCCS2)c1I. The molecule has 3 heteroatoms. The lowest BCUT2D eigenvalue weighted by atomic mass is 9.94. The second-order valence-corrected chi connectivity index (χ2v) is 7.13. The third kappa shape index (κ3) is 2.16. The molecule has 1 aromatic rings. The van der Waals surface area contributed by atoms with Gasteiger partial charge in [-0.3, -0.25) is 4.79 Å². The van der Waals surface area contributed by atoms with Crippen LogP contribution >= 0.6 is 34.4 Å². The maximum Gasteiger partial charge on any atom is 0.179 e. The smallest absolute Gasteiger partial charge is 0.179 e. The molecule has 1 aliphatic heterocycles. The molecule has 1 heterocycles. The van der Waals surface area contributed by atoms with Crippen molar-refractivity contribution in [1.82, 2.24) is 0 Å². The number of Topliss-reactive ketones (excluding diaryl/α,β-unsaturated/α-hetero) is 1. The lowest BCUT2D eigenvalue weighted by molar-refractivity contribution is 0.0948. The Bertz CT molecular complexity index is 422. The maximum absolute atomic E-state index is 12.5. The Balaban J connectivity index is 2.37. The third-order valence-electron chi connectivity index (χ3n) is 3.14. The van der Waals surface area contributed by atoms with Crippen LogP contribution in [0.3, 0.4) is 0 Å². The fourth-order valence-corrected chi connectivity index (χ4v) is 3.94. The lowest BCUT2D eigenvalue weighted by Gasteiger charge is -2.21. The predicted octanol–water partition coefficient (Wildman–Crippen LogP) is 4.07. The first-order chi connectivity index (χ1) is 7.54. The van der Waals surface area contributed by atoms with Gasteiger partial charge in [0.25, 0.3) is 0 Å². The van der Waals surface area contributed by atoms with Crippen molar-refractivity contribution < 1.29 is 4.79 Å². The van der Waals surface area contributed by atoms with E-state index in [1.165, 1.54) is 5.56 Å². The summed E-state index contributed by atoms with van der Waals surface area (Å²) in [7, 11) is 0. The molecular weight excluding hydrogens is 331 g/mol. The molecule has 0 radical (unpaired) electrons. The highest BCUT2D eigenvalue weighted by Crippen LogP contribution is 2.41. The molecule has 0 spiro atoms. The van der Waals surface area contributed by atoms with Gasteiger partial charge < -0.3 is 0 Å². The van der Waals surface area contributed by atoms with Gasteiger partial charge in [0.2, 0.25) is 0 Å². The standard InChI is InChI=1S/C13H15IOS/c1-9-5-3-6-10(11(9)14)12(15)13(2)7-4-8-16-13/h3,5-6H,4,7-8H2,1-2H3. The van der Waals surface area contributed by atoms with Crippen LogP contribution in [0.1, 0.15) is 35.7 Å². The molecule has 1 atom stereocenters. The Morgan fingerprint density at radius 2 is 2.25 bits per heavy atom. The highest BCUT2D eigenvalue weighted by molar-refractivity contribution is 14.1. The Labute approximate surface area is 115 Å². The van der Waals surface area contributed by atoms with E-state index < -0.39 is 0 Å². The second-order valence-electron chi connectivity index (χ2n) is 4.45. The van der Waals surface area contributed by atoms with Gasteiger partial charge in [-0.05, 0) is 60.6 Å². The quantitative estimate of drug-likeness (QED) is 0.593. The highest BCUT2D eigenvalue weighted by Gasteiger charge is 2.38. The zero-order valence-corrected chi connectivity index (χ0v) is 12.5. The van der Waals surface area contributed by atoms with E-state index in [9.17, 15) is 4.79 Å². The molecule has 0 aliphatic carbocycles. The van der Waals surface area contributed by atoms with Crippen molar-refractivity contribution in [3.63, 3.8) is 0 Å². The number of benzene rings is 1. The average Bonchev–Trinajstić information content (AvgIpc) is 2.70. The van der Waals surface area contributed by atoms with Gasteiger partial charge in [0.1, 0.15) is 0 Å². The van der Waals surface area contributed by atoms with Gasteiger partial charge in [-0.1, -0.05) is 18.2 Å². The highest BCUT2D eigenvalue weighted by atomic mass is 127. The first-order valence-electron chi connectivity index (χ1n) is 5.48. The van der Waals surface area contributed by atoms with E-state index in [0.29, 0.717) is 5.78 Å². The minimum absolute atomic E-state index is 0.187. The zero-order chi connectivity index (χ0) is 11.8. The number of aryl methyl sites for hydroxylation is 1. The topological polar surface area (TPSA) is 17.1 Å². The van der Waals surface area contributed by atoms with Crippen molar-refractivity contribution in [2.24, 2.45) is 0 Å². The number of carbonyl (C=O) groups excluding carboxylic acids is 1. The van der Waals surface area contributed by atoms with Crippen LogP contribution in [0.2, 0.25) is 0 Å². The molecule has 1 saturated heterocycles. The van der Waals surface area contributed by atoms with E-state index in [1.807, 2.05) is 23.9 Å². The average molecular weight is 346 g/mol. The lowest BCUT2D eigenvalue weighted by Crippen LogP contribution is -2.29. The fourth-order valence-electron chi connectivity index (χ4n) is 2.07. The summed E-state index contributed by atoms with van der Waals surface area (Å²) in [6, 6.07) is 6.00. The van der Waals surface area contributed by atoms with Gasteiger partial charge in [-0.25, -0.2) is 0 Å². The van der Waals surface area contributed by atoms with Gasteiger partial charge in [-0.15, -0.1) is 11.8 Å². The van der Waals surface area contributed by atoms with E-state index in [4.69, 9.17) is 0 Å². The fraction of sp³-hybridized carbons (Fsp3) is 0.462.